The number of nitrogens with one attached hydrogen (secondary N) is 1. The third-order valence-corrected chi connectivity index (χ3v) is 9.21. The van der Waals surface area contributed by atoms with Crippen LogP contribution < -0.4 is 5.32 Å². The molecule has 0 amide bonds. The van der Waals surface area contributed by atoms with Gasteiger partial charge in [-0.15, -0.1) is 0 Å². The van der Waals surface area contributed by atoms with Crippen LogP contribution in [0.4, 0.5) is 11.4 Å². The Balaban J connectivity index is 1.10. The van der Waals surface area contributed by atoms with Crippen LogP contribution >= 0.6 is 0 Å². The predicted octanol–water partition coefficient (Wildman–Crippen LogP) is 12.0. The molecule has 8 rings (SSSR count). The van der Waals surface area contributed by atoms with E-state index in [2.05, 4.69) is 144 Å². The van der Waals surface area contributed by atoms with Crippen molar-refractivity contribution in [2.45, 2.75) is 6.54 Å². The van der Waals surface area contributed by atoms with Crippen molar-refractivity contribution >= 4 is 50.9 Å². The van der Waals surface area contributed by atoms with Crippen molar-refractivity contribution in [3.8, 4) is 33.4 Å². The Bertz CT molecular complexity index is 2430. The van der Waals surface area contributed by atoms with Gasteiger partial charge in [-0.1, -0.05) is 134 Å². The first-order chi connectivity index (χ1) is 24.2. The normalized spacial score (nSPS) is 12.7. The summed E-state index contributed by atoms with van der Waals surface area (Å²) < 4.78 is 0. The lowest BCUT2D eigenvalue weighted by atomic mass is 9.92. The molecule has 0 unspecified atom stereocenters. The SMILES string of the molecule is C=C/C(=C\C=NCc1ccccc1)c1cccc(-c2cccc(-c3cccc(-c4ccc5c6c(c7ccccc7c5c4)NCC=N6)c3)c2)c1. The van der Waals surface area contributed by atoms with Gasteiger partial charge in [0.2, 0.25) is 0 Å². The largest absolute Gasteiger partial charge is 0.378 e. The van der Waals surface area contributed by atoms with E-state index < -0.39 is 0 Å². The fourth-order valence-corrected chi connectivity index (χ4v) is 6.74. The molecule has 0 atom stereocenters. The summed E-state index contributed by atoms with van der Waals surface area (Å²) in [6.45, 7) is 5.48. The second-order valence-corrected chi connectivity index (χ2v) is 12.3. The number of aliphatic imine (C=N–C) groups is 2. The van der Waals surface area contributed by atoms with Gasteiger partial charge in [-0.3, -0.25) is 9.98 Å². The van der Waals surface area contributed by atoms with E-state index in [1.165, 1.54) is 54.9 Å². The molecule has 3 heteroatoms. The average molecular weight is 630 g/mol. The zero-order valence-corrected chi connectivity index (χ0v) is 27.2. The van der Waals surface area contributed by atoms with Gasteiger partial charge in [0, 0.05) is 23.2 Å². The Morgan fingerprint density at radius 2 is 1.24 bits per heavy atom. The monoisotopic (exact) mass is 629 g/mol. The van der Waals surface area contributed by atoms with Gasteiger partial charge in [-0.25, -0.2) is 0 Å². The first-order valence-corrected chi connectivity index (χ1v) is 16.7. The lowest BCUT2D eigenvalue weighted by Gasteiger charge is -2.19. The van der Waals surface area contributed by atoms with Gasteiger partial charge in [0.05, 0.1) is 24.5 Å². The van der Waals surface area contributed by atoms with Gasteiger partial charge in [0.25, 0.3) is 0 Å². The zero-order chi connectivity index (χ0) is 33.0. The summed E-state index contributed by atoms with van der Waals surface area (Å²) in [5.41, 5.74) is 12.5. The Morgan fingerprint density at radius 1 is 0.612 bits per heavy atom. The second kappa shape index (κ2) is 13.4. The van der Waals surface area contributed by atoms with Gasteiger partial charge >= 0.3 is 0 Å². The smallest absolute Gasteiger partial charge is 0.0942 e. The molecule has 1 aliphatic heterocycles. The van der Waals surface area contributed by atoms with E-state index >= 15 is 0 Å². The van der Waals surface area contributed by atoms with Crippen molar-refractivity contribution < 1.29 is 0 Å². The van der Waals surface area contributed by atoms with E-state index in [0.717, 1.165) is 34.6 Å². The molecule has 1 heterocycles. The van der Waals surface area contributed by atoms with Crippen molar-refractivity contribution in [3.63, 3.8) is 0 Å². The molecule has 7 aromatic rings. The van der Waals surface area contributed by atoms with Crippen LogP contribution in [0.1, 0.15) is 11.1 Å². The van der Waals surface area contributed by atoms with Crippen molar-refractivity contribution in [1.29, 1.82) is 0 Å². The van der Waals surface area contributed by atoms with E-state index in [9.17, 15) is 0 Å². The first kappa shape index (κ1) is 30.0. The number of anilines is 1. The molecule has 0 bridgehead atoms. The average Bonchev–Trinajstić information content (AvgIpc) is 3.18. The van der Waals surface area contributed by atoms with Crippen LogP contribution in [0.2, 0.25) is 0 Å². The van der Waals surface area contributed by atoms with Crippen molar-refractivity contribution in [2.24, 2.45) is 9.98 Å². The van der Waals surface area contributed by atoms with E-state index in [0.29, 0.717) is 6.54 Å². The van der Waals surface area contributed by atoms with Gasteiger partial charge in [0.1, 0.15) is 0 Å². The molecular weight excluding hydrogens is 595 g/mol. The van der Waals surface area contributed by atoms with E-state index in [1.807, 2.05) is 42.8 Å². The minimum atomic E-state index is 0.655. The highest BCUT2D eigenvalue weighted by atomic mass is 15.0. The molecule has 234 valence electrons. The van der Waals surface area contributed by atoms with Crippen LogP contribution in [0.15, 0.2) is 174 Å². The number of rotatable bonds is 8. The molecule has 7 aromatic carbocycles. The van der Waals surface area contributed by atoms with E-state index in [4.69, 9.17) is 4.99 Å². The number of hydrogen-bond donors (Lipinski definition) is 1. The maximum Gasteiger partial charge on any atom is 0.0942 e. The van der Waals surface area contributed by atoms with Crippen LogP contribution in [0.5, 0.6) is 0 Å². The standard InChI is InChI=1S/C46H35N3/c1-2-33(23-24-47-31-32-11-4-3-5-12-32)34-13-8-14-35(27-34)36-15-9-16-37(28-36)38-17-10-18-39(29-38)40-21-22-43-44(30-40)41-19-6-7-20-42(41)45-46(43)49-26-25-48-45/h2-24,26-30,48H,1,25,31H2/b33-23+,47-24?. The van der Waals surface area contributed by atoms with Crippen LogP contribution in [0, 0.1) is 0 Å². The summed E-state index contributed by atoms with van der Waals surface area (Å²) in [4.78, 5) is 9.40. The maximum absolute atomic E-state index is 4.81. The summed E-state index contributed by atoms with van der Waals surface area (Å²) in [5.74, 6) is 0. The van der Waals surface area contributed by atoms with Crippen LogP contribution in [-0.4, -0.2) is 19.0 Å². The Hall–Kier alpha value is -6.32. The highest BCUT2D eigenvalue weighted by molar-refractivity contribution is 6.21. The molecule has 0 radical (unpaired) electrons. The van der Waals surface area contributed by atoms with E-state index in [1.54, 1.807) is 0 Å². The Kier molecular flexibility index (Phi) is 8.23. The summed E-state index contributed by atoms with van der Waals surface area (Å²) in [6, 6.07) is 51.9. The summed E-state index contributed by atoms with van der Waals surface area (Å²) in [7, 11) is 0. The van der Waals surface area contributed by atoms with Crippen molar-refractivity contribution in [2.75, 3.05) is 11.9 Å². The van der Waals surface area contributed by atoms with Gasteiger partial charge in [-0.05, 0) is 91.2 Å². The predicted molar refractivity (Wildman–Crippen MR) is 211 cm³/mol. The van der Waals surface area contributed by atoms with E-state index in [-0.39, 0.29) is 0 Å². The summed E-state index contributed by atoms with van der Waals surface area (Å²) in [5, 5.41) is 8.38. The molecular formula is C46H35N3. The topological polar surface area (TPSA) is 36.8 Å². The van der Waals surface area contributed by atoms with Crippen LogP contribution in [-0.2, 0) is 6.54 Å². The molecule has 0 aromatic heterocycles. The number of benzene rings is 7. The molecule has 0 saturated heterocycles. The Morgan fingerprint density at radius 3 is 1.96 bits per heavy atom. The number of hydrogen-bond acceptors (Lipinski definition) is 3. The van der Waals surface area contributed by atoms with Crippen molar-refractivity contribution in [3.05, 3.63) is 175 Å². The maximum atomic E-state index is 4.81. The number of nitrogens with zero attached hydrogens (tertiary/aromatic N) is 2. The molecule has 0 aliphatic carbocycles. The minimum Gasteiger partial charge on any atom is -0.378 e. The molecule has 0 saturated carbocycles. The highest BCUT2D eigenvalue weighted by Crippen LogP contribution is 2.44. The fraction of sp³-hybridized carbons (Fsp3) is 0.0435. The van der Waals surface area contributed by atoms with Gasteiger partial charge in [-0.2, -0.15) is 0 Å². The number of fused-ring (bicyclic) bond motifs is 6. The summed E-state index contributed by atoms with van der Waals surface area (Å²) >= 11 is 0. The third kappa shape index (κ3) is 6.10. The first-order valence-electron chi connectivity index (χ1n) is 16.7. The molecule has 1 aliphatic rings. The Labute approximate surface area is 287 Å². The number of allylic oxidation sites excluding steroid dienone is 3. The highest BCUT2D eigenvalue weighted by Gasteiger charge is 2.16. The van der Waals surface area contributed by atoms with Gasteiger partial charge in [0.15, 0.2) is 0 Å². The summed E-state index contributed by atoms with van der Waals surface area (Å²) in [6.07, 6.45) is 7.76. The van der Waals surface area contributed by atoms with Crippen LogP contribution in [0.25, 0.3) is 60.5 Å². The second-order valence-electron chi connectivity index (χ2n) is 12.3. The van der Waals surface area contributed by atoms with Crippen LogP contribution in [0.3, 0.4) is 0 Å². The lowest BCUT2D eigenvalue weighted by molar-refractivity contribution is 1.08. The van der Waals surface area contributed by atoms with Crippen molar-refractivity contribution in [1.82, 2.24) is 0 Å². The molecule has 1 N–H and O–H groups in total. The molecule has 49 heavy (non-hydrogen) atoms. The molecule has 0 fully saturated rings. The third-order valence-electron chi connectivity index (χ3n) is 9.21. The quantitative estimate of drug-likeness (QED) is 0.101. The lowest BCUT2D eigenvalue weighted by Crippen LogP contribution is -2.07. The fourth-order valence-electron chi connectivity index (χ4n) is 6.74. The molecule has 3 nitrogen and oxygen atoms in total. The minimum absolute atomic E-state index is 0.655. The molecule has 0 spiro atoms. The van der Waals surface area contributed by atoms with Gasteiger partial charge < -0.3 is 5.32 Å². The zero-order valence-electron chi connectivity index (χ0n) is 27.2.